The number of hydrogen-bond acceptors (Lipinski definition) is 8. The molecule has 2 N–H and O–H groups in total. The van der Waals surface area contributed by atoms with Gasteiger partial charge in [-0.2, -0.15) is 5.10 Å². The van der Waals surface area contributed by atoms with Crippen LogP contribution in [0.15, 0.2) is 35.4 Å². The number of aryl methyl sites for hydroxylation is 1. The number of aromatic nitrogens is 8. The lowest BCUT2D eigenvalue weighted by Gasteiger charge is -2.18. The first-order valence-electron chi connectivity index (χ1n) is 12.0. The van der Waals surface area contributed by atoms with Crippen molar-refractivity contribution in [3.63, 3.8) is 0 Å². The molecule has 11 nitrogen and oxygen atoms in total. The predicted molar refractivity (Wildman–Crippen MR) is 139 cm³/mol. The highest BCUT2D eigenvalue weighted by Crippen LogP contribution is 2.21. The van der Waals surface area contributed by atoms with Gasteiger partial charge in [-0.15, -0.1) is 0 Å². The van der Waals surface area contributed by atoms with Gasteiger partial charge in [0.2, 0.25) is 0 Å². The second-order valence-corrected chi connectivity index (χ2v) is 9.77. The smallest absolute Gasteiger partial charge is 0.271 e. The Labute approximate surface area is 209 Å². The van der Waals surface area contributed by atoms with Crippen LogP contribution in [-0.2, 0) is 12.5 Å². The van der Waals surface area contributed by atoms with Gasteiger partial charge >= 0.3 is 0 Å². The van der Waals surface area contributed by atoms with Gasteiger partial charge < -0.3 is 10.3 Å². The zero-order valence-electron chi connectivity index (χ0n) is 21.8. The van der Waals surface area contributed by atoms with E-state index < -0.39 is 0 Å². The summed E-state index contributed by atoms with van der Waals surface area (Å²) in [5.41, 5.74) is 3.76. The Morgan fingerprint density at radius 3 is 2.69 bits per heavy atom. The van der Waals surface area contributed by atoms with Gasteiger partial charge in [-0.1, -0.05) is 34.1 Å². The molecule has 1 amide bonds. The molecule has 0 aliphatic carbocycles. The first kappa shape index (κ1) is 25.1. The lowest BCUT2D eigenvalue weighted by molar-refractivity contribution is 0.0941. The van der Waals surface area contributed by atoms with Gasteiger partial charge in [0.1, 0.15) is 23.4 Å². The minimum absolute atomic E-state index is 0.179. The number of allylic oxidation sites excluding steroid dienone is 1. The Kier molecular flexibility index (Phi) is 6.91. The number of carbonyl (C=O) groups is 1. The van der Waals surface area contributed by atoms with Gasteiger partial charge in [-0.3, -0.25) is 14.5 Å². The second kappa shape index (κ2) is 9.92. The Bertz CT molecular complexity index is 1470. The molecule has 4 rings (SSSR count). The third-order valence-corrected chi connectivity index (χ3v) is 5.90. The van der Waals surface area contributed by atoms with E-state index in [0.29, 0.717) is 33.9 Å². The van der Waals surface area contributed by atoms with Crippen molar-refractivity contribution in [2.45, 2.75) is 58.9 Å². The average molecular weight is 489 g/mol. The van der Waals surface area contributed by atoms with Crippen molar-refractivity contribution in [1.82, 2.24) is 45.0 Å². The lowest BCUT2D eigenvalue weighted by Crippen LogP contribution is -2.35. The highest BCUT2D eigenvalue weighted by Gasteiger charge is 2.21. The van der Waals surface area contributed by atoms with Crippen molar-refractivity contribution in [1.29, 1.82) is 0 Å². The fraction of sp³-hybridized carbons (Fsp3) is 0.440. The van der Waals surface area contributed by atoms with E-state index in [1.165, 1.54) is 6.33 Å². The maximum atomic E-state index is 13.1. The van der Waals surface area contributed by atoms with E-state index >= 15 is 0 Å². The van der Waals surface area contributed by atoms with Gasteiger partial charge in [0.25, 0.3) is 5.91 Å². The molecule has 1 atom stereocenters. The molecule has 36 heavy (non-hydrogen) atoms. The molecule has 188 valence electrons. The monoisotopic (exact) mass is 488 g/mol. The van der Waals surface area contributed by atoms with Gasteiger partial charge in [0, 0.05) is 25.6 Å². The molecular weight excluding hydrogens is 456 g/mol. The third-order valence-electron chi connectivity index (χ3n) is 5.90. The van der Waals surface area contributed by atoms with E-state index in [-0.39, 0.29) is 17.4 Å². The number of fused-ring (bicyclic) bond motifs is 2. The summed E-state index contributed by atoms with van der Waals surface area (Å²) in [4.78, 5) is 43.1. The first-order valence-corrected chi connectivity index (χ1v) is 12.0. The van der Waals surface area contributed by atoms with Crippen molar-refractivity contribution < 1.29 is 4.79 Å². The molecule has 0 aliphatic heterocycles. The van der Waals surface area contributed by atoms with E-state index in [1.807, 2.05) is 13.0 Å². The average Bonchev–Trinajstić information content (AvgIpc) is 3.44. The molecule has 4 aromatic rings. The Hall–Kier alpha value is -4.02. The molecule has 4 aromatic heterocycles. The number of H-pyrrole nitrogens is 1. The van der Waals surface area contributed by atoms with Crippen molar-refractivity contribution in [3.8, 4) is 0 Å². The largest absolute Gasteiger partial charge is 0.344 e. The number of hydrogen-bond donors (Lipinski definition) is 2. The van der Waals surface area contributed by atoms with E-state index in [0.717, 1.165) is 29.8 Å². The number of amides is 1. The summed E-state index contributed by atoms with van der Waals surface area (Å²) in [6, 6.07) is -0.257. The number of rotatable bonds is 7. The number of carbonyl (C=O) groups excluding carboxylic acids is 1. The molecule has 0 saturated carbocycles. The minimum Gasteiger partial charge on any atom is -0.344 e. The number of imidazole rings is 1. The van der Waals surface area contributed by atoms with Gasteiger partial charge in [0.15, 0.2) is 17.1 Å². The lowest BCUT2D eigenvalue weighted by atomic mass is 9.96. The Balaban J connectivity index is 1.61. The van der Waals surface area contributed by atoms with Crippen molar-refractivity contribution in [2.24, 2.45) is 12.0 Å². The van der Waals surface area contributed by atoms with E-state index in [1.54, 1.807) is 31.2 Å². The maximum Gasteiger partial charge on any atom is 0.271 e. The highest BCUT2D eigenvalue weighted by atomic mass is 16.1. The quantitative estimate of drug-likeness (QED) is 0.380. The van der Waals surface area contributed by atoms with Crippen LogP contribution in [-0.4, -0.2) is 64.4 Å². The van der Waals surface area contributed by atoms with Crippen molar-refractivity contribution in [2.75, 3.05) is 7.05 Å². The molecule has 0 aromatic carbocycles. The molecule has 0 bridgehead atoms. The van der Waals surface area contributed by atoms with E-state index in [4.69, 9.17) is 0 Å². The van der Waals surface area contributed by atoms with Crippen LogP contribution in [0.3, 0.4) is 0 Å². The van der Waals surface area contributed by atoms with Crippen molar-refractivity contribution in [3.05, 3.63) is 47.7 Å². The Morgan fingerprint density at radius 2 is 2.00 bits per heavy atom. The highest BCUT2D eigenvalue weighted by molar-refractivity contribution is 6.08. The van der Waals surface area contributed by atoms with Crippen LogP contribution in [0.25, 0.3) is 22.2 Å². The van der Waals surface area contributed by atoms with E-state index in [2.05, 4.69) is 73.0 Å². The molecule has 0 fully saturated rings. The number of aromatic amines is 1. The summed E-state index contributed by atoms with van der Waals surface area (Å²) < 4.78 is 1.62. The molecule has 11 heteroatoms. The van der Waals surface area contributed by atoms with Crippen LogP contribution in [0, 0.1) is 0 Å². The van der Waals surface area contributed by atoms with Gasteiger partial charge in [-0.05, 0) is 25.0 Å². The molecular formula is C25H32N10O. The van der Waals surface area contributed by atoms with Crippen LogP contribution in [0.4, 0.5) is 0 Å². The van der Waals surface area contributed by atoms with Crippen molar-refractivity contribution >= 4 is 33.8 Å². The standard InChI is InChI=1S/C25H32N10O/c1-8-9-15(14(2)31-23(36)19-16-11-30-35(7)22(16)29-13-28-19)10-17(26-6)20-32-18-12-27-24(25(3,4)5)34-21(18)33-20/h10-14H,8-9H2,1-7H3,(H,31,36)(H,27,32,33,34)/b15-10+,26-17?. The zero-order valence-corrected chi connectivity index (χ0v) is 21.8. The van der Waals surface area contributed by atoms with Crippen LogP contribution in [0.1, 0.15) is 69.6 Å². The molecule has 0 aliphatic rings. The molecule has 0 spiro atoms. The minimum atomic E-state index is -0.284. The van der Waals surface area contributed by atoms with Crippen LogP contribution in [0.5, 0.6) is 0 Å². The summed E-state index contributed by atoms with van der Waals surface area (Å²) in [6.45, 7) is 10.2. The fourth-order valence-corrected chi connectivity index (χ4v) is 3.91. The summed E-state index contributed by atoms with van der Waals surface area (Å²) >= 11 is 0. The van der Waals surface area contributed by atoms with Gasteiger partial charge in [0.05, 0.1) is 23.5 Å². The second-order valence-electron chi connectivity index (χ2n) is 9.77. The predicted octanol–water partition coefficient (Wildman–Crippen LogP) is 3.29. The molecule has 0 radical (unpaired) electrons. The maximum absolute atomic E-state index is 13.1. The number of aliphatic imine (C=N–C) groups is 1. The molecule has 0 saturated heterocycles. The zero-order chi connectivity index (χ0) is 26.0. The Morgan fingerprint density at radius 1 is 1.22 bits per heavy atom. The number of nitrogens with one attached hydrogen (secondary N) is 2. The first-order chi connectivity index (χ1) is 17.1. The summed E-state index contributed by atoms with van der Waals surface area (Å²) in [5, 5.41) is 7.87. The normalized spacial score (nSPS) is 14.0. The fourth-order valence-electron chi connectivity index (χ4n) is 3.91. The topological polar surface area (TPSA) is 140 Å². The molecule has 4 heterocycles. The van der Waals surface area contributed by atoms with Crippen LogP contribution >= 0.6 is 0 Å². The van der Waals surface area contributed by atoms with Crippen LogP contribution < -0.4 is 5.32 Å². The van der Waals surface area contributed by atoms with Crippen LogP contribution in [0.2, 0.25) is 0 Å². The summed E-state index contributed by atoms with van der Waals surface area (Å²) in [5.74, 6) is 1.05. The van der Waals surface area contributed by atoms with Gasteiger partial charge in [-0.25, -0.2) is 24.9 Å². The third kappa shape index (κ3) is 5.00. The van der Waals surface area contributed by atoms with E-state index in [9.17, 15) is 4.79 Å². The summed E-state index contributed by atoms with van der Waals surface area (Å²) in [7, 11) is 3.50. The SMILES string of the molecule is CCC/C(=C\C(=NC)c1nc2nc(C(C)(C)C)ncc2[nH]1)C(C)NC(=O)c1ncnc2c1cnn2C. The molecule has 1 unspecified atom stereocenters. The number of nitrogens with zero attached hydrogens (tertiary/aromatic N) is 8. The summed E-state index contributed by atoms with van der Waals surface area (Å²) in [6.07, 6.45) is 8.40.